The first-order valence-electron chi connectivity index (χ1n) is 11.9. The Morgan fingerprint density at radius 3 is 1.19 bits per heavy atom. The molecule has 1 aliphatic rings. The van der Waals surface area contributed by atoms with E-state index in [1.807, 2.05) is 0 Å². The lowest BCUT2D eigenvalue weighted by Gasteiger charge is -2.38. The summed E-state index contributed by atoms with van der Waals surface area (Å²) in [7, 11) is -2.47. The lowest BCUT2D eigenvalue weighted by molar-refractivity contribution is 1.14. The van der Waals surface area contributed by atoms with Crippen molar-refractivity contribution in [3.8, 4) is 0 Å². The molecule has 164 valence electrons. The summed E-state index contributed by atoms with van der Waals surface area (Å²) in [6, 6.07) is 21.8. The molecule has 3 aromatic rings. The highest BCUT2D eigenvalue weighted by atomic mass is 28.3. The molecule has 0 unspecified atom stereocenters. The van der Waals surface area contributed by atoms with Gasteiger partial charge in [-0.3, -0.25) is 0 Å². The Morgan fingerprint density at radius 2 is 0.875 bits per heavy atom. The zero-order chi connectivity index (χ0) is 23.0. The van der Waals surface area contributed by atoms with Crippen LogP contribution in [0.1, 0.15) is 53.1 Å². The van der Waals surface area contributed by atoms with Gasteiger partial charge in [0.05, 0.1) is 0 Å². The van der Waals surface area contributed by atoms with Crippen LogP contribution in [0.5, 0.6) is 0 Å². The molecule has 32 heavy (non-hydrogen) atoms. The molecule has 4 rings (SSSR count). The van der Waals surface area contributed by atoms with Gasteiger partial charge in [0.25, 0.3) is 0 Å². The maximum atomic E-state index is 2.54. The van der Waals surface area contributed by atoms with Crippen LogP contribution >= 0.6 is 0 Å². The first kappa shape index (κ1) is 22.5. The maximum Gasteiger partial charge on any atom is 0.179 e. The van der Waals surface area contributed by atoms with Crippen molar-refractivity contribution in [2.75, 3.05) is 0 Å². The molecule has 0 saturated carbocycles. The molecule has 0 bridgehead atoms. The summed E-state index contributed by atoms with van der Waals surface area (Å²) in [6.07, 6.45) is 7.14. The molecule has 0 amide bonds. The van der Waals surface area contributed by atoms with Crippen molar-refractivity contribution in [3.05, 3.63) is 111 Å². The van der Waals surface area contributed by atoms with Crippen molar-refractivity contribution in [2.24, 2.45) is 0 Å². The van der Waals surface area contributed by atoms with Crippen molar-refractivity contribution in [1.29, 1.82) is 0 Å². The van der Waals surface area contributed by atoms with E-state index in [1.165, 1.54) is 54.5 Å². The molecule has 1 aliphatic carbocycles. The summed E-state index contributed by atoms with van der Waals surface area (Å²) in [6.45, 7) is 15.8. The van der Waals surface area contributed by atoms with Gasteiger partial charge in [-0.15, -0.1) is 0 Å². The van der Waals surface area contributed by atoms with Crippen LogP contribution in [-0.2, 0) is 0 Å². The molecule has 0 fully saturated rings. The summed E-state index contributed by atoms with van der Waals surface area (Å²) in [5, 5.41) is 6.13. The predicted octanol–water partition coefficient (Wildman–Crippen LogP) is 6.21. The number of aryl methyl sites for hydroxylation is 6. The molecule has 0 saturated heterocycles. The third-order valence-electron chi connectivity index (χ3n) is 6.78. The lowest BCUT2D eigenvalue weighted by atomic mass is 10.1. The van der Waals surface area contributed by atoms with Gasteiger partial charge < -0.3 is 0 Å². The number of hydrogen-bond donors (Lipinski definition) is 0. The molecule has 0 aliphatic heterocycles. The third kappa shape index (κ3) is 3.95. The molecule has 0 radical (unpaired) electrons. The van der Waals surface area contributed by atoms with Gasteiger partial charge in [-0.1, -0.05) is 113 Å². The Morgan fingerprint density at radius 1 is 0.531 bits per heavy atom. The third-order valence-corrected chi connectivity index (χ3v) is 11.6. The lowest BCUT2D eigenvalue weighted by Crippen LogP contribution is -2.69. The standard InChI is InChI=1S/C31H36Si/c1-8-27-10-9-11-31(27)32(28-15-21(2)12-22(3)16-28,29-17-23(4)13-24(5)18-29)30-19-25(6)14-26(7)20-30/h10-20H,8-9H2,1-7H3. The van der Waals surface area contributed by atoms with Crippen LogP contribution in [0, 0.1) is 41.5 Å². The minimum absolute atomic E-state index is 1.05. The Labute approximate surface area is 195 Å². The summed E-state index contributed by atoms with van der Waals surface area (Å²) in [5.74, 6) is 0. The summed E-state index contributed by atoms with van der Waals surface area (Å²) in [5.41, 5.74) is 9.65. The average molecular weight is 437 g/mol. The highest BCUT2D eigenvalue weighted by Crippen LogP contribution is 2.32. The Kier molecular flexibility index (Phi) is 6.14. The van der Waals surface area contributed by atoms with Crippen LogP contribution < -0.4 is 15.6 Å². The number of allylic oxidation sites excluding steroid dienone is 4. The molecule has 0 heterocycles. The molecule has 0 N–H and O–H groups in total. The molecular formula is C31H36Si. The van der Waals surface area contributed by atoms with Gasteiger partial charge in [-0.25, -0.2) is 0 Å². The molecule has 0 nitrogen and oxygen atoms in total. The van der Waals surface area contributed by atoms with Gasteiger partial charge in [-0.2, -0.15) is 0 Å². The van der Waals surface area contributed by atoms with Gasteiger partial charge in [0, 0.05) is 0 Å². The van der Waals surface area contributed by atoms with E-state index in [9.17, 15) is 0 Å². The van der Waals surface area contributed by atoms with Gasteiger partial charge in [-0.05, 0) is 75.1 Å². The monoisotopic (exact) mass is 436 g/mol. The van der Waals surface area contributed by atoms with E-state index >= 15 is 0 Å². The van der Waals surface area contributed by atoms with E-state index < -0.39 is 8.07 Å². The van der Waals surface area contributed by atoms with Gasteiger partial charge >= 0.3 is 0 Å². The maximum absolute atomic E-state index is 2.54. The zero-order valence-electron chi connectivity index (χ0n) is 20.8. The predicted molar refractivity (Wildman–Crippen MR) is 143 cm³/mol. The van der Waals surface area contributed by atoms with Crippen LogP contribution in [0.3, 0.4) is 0 Å². The second kappa shape index (κ2) is 8.71. The Hall–Kier alpha value is -2.64. The quantitative estimate of drug-likeness (QED) is 0.329. The summed E-state index contributed by atoms with van der Waals surface area (Å²) in [4.78, 5) is 0. The minimum atomic E-state index is -2.47. The van der Waals surface area contributed by atoms with Crippen molar-refractivity contribution < 1.29 is 0 Å². The second-order valence-corrected chi connectivity index (χ2v) is 13.6. The SMILES string of the molecule is CCC1=CCC=C1[Si](c1cc(C)cc(C)c1)(c1cc(C)cc(C)c1)c1cc(C)cc(C)c1. The second-order valence-electron chi connectivity index (χ2n) is 9.82. The Bertz CT molecular complexity index is 1050. The molecule has 0 spiro atoms. The van der Waals surface area contributed by atoms with E-state index in [1.54, 1.807) is 5.20 Å². The molecule has 3 aromatic carbocycles. The van der Waals surface area contributed by atoms with Crippen LogP contribution in [0.25, 0.3) is 0 Å². The summed E-state index contributed by atoms with van der Waals surface area (Å²) < 4.78 is 0. The van der Waals surface area contributed by atoms with E-state index in [2.05, 4.69) is 115 Å². The van der Waals surface area contributed by atoms with Gasteiger partial charge in [0.15, 0.2) is 8.07 Å². The van der Waals surface area contributed by atoms with Crippen molar-refractivity contribution in [1.82, 2.24) is 0 Å². The fourth-order valence-corrected chi connectivity index (χ4v) is 11.6. The molecule has 1 heteroatoms. The van der Waals surface area contributed by atoms with Crippen molar-refractivity contribution >= 4 is 23.6 Å². The number of hydrogen-bond acceptors (Lipinski definition) is 0. The molecular weight excluding hydrogens is 400 g/mol. The first-order chi connectivity index (χ1) is 15.2. The average Bonchev–Trinajstić information content (AvgIpc) is 3.15. The van der Waals surface area contributed by atoms with Crippen LogP contribution in [0.2, 0.25) is 0 Å². The fourth-order valence-electron chi connectivity index (χ4n) is 5.83. The fraction of sp³-hybridized carbons (Fsp3) is 0.290. The Balaban J connectivity index is 2.22. The zero-order valence-corrected chi connectivity index (χ0v) is 21.8. The van der Waals surface area contributed by atoms with Gasteiger partial charge in [0.2, 0.25) is 0 Å². The van der Waals surface area contributed by atoms with Crippen LogP contribution in [-0.4, -0.2) is 8.07 Å². The molecule has 0 aromatic heterocycles. The van der Waals surface area contributed by atoms with Crippen LogP contribution in [0.15, 0.2) is 77.5 Å². The largest absolute Gasteiger partial charge is 0.179 e. The number of benzene rings is 3. The number of rotatable bonds is 5. The van der Waals surface area contributed by atoms with Crippen molar-refractivity contribution in [3.63, 3.8) is 0 Å². The normalized spacial score (nSPS) is 13.8. The minimum Gasteiger partial charge on any atom is -0.0801 e. The van der Waals surface area contributed by atoms with Crippen molar-refractivity contribution in [2.45, 2.75) is 61.3 Å². The van der Waals surface area contributed by atoms with E-state index in [4.69, 9.17) is 0 Å². The van der Waals surface area contributed by atoms with E-state index in [-0.39, 0.29) is 0 Å². The van der Waals surface area contributed by atoms with Gasteiger partial charge in [0.1, 0.15) is 0 Å². The molecule has 0 atom stereocenters. The van der Waals surface area contributed by atoms with Crippen LogP contribution in [0.4, 0.5) is 0 Å². The summed E-state index contributed by atoms with van der Waals surface area (Å²) >= 11 is 0. The van der Waals surface area contributed by atoms with E-state index in [0.29, 0.717) is 0 Å². The highest BCUT2D eigenvalue weighted by molar-refractivity contribution is 7.16. The smallest absolute Gasteiger partial charge is 0.0801 e. The highest BCUT2D eigenvalue weighted by Gasteiger charge is 2.45. The first-order valence-corrected chi connectivity index (χ1v) is 13.9. The van der Waals surface area contributed by atoms with E-state index in [0.717, 1.165) is 12.8 Å². The topological polar surface area (TPSA) is 0 Å².